The lowest BCUT2D eigenvalue weighted by Crippen LogP contribution is -2.38. The minimum atomic E-state index is 0.502. The Labute approximate surface area is 106 Å². The topological polar surface area (TPSA) is 24.1 Å². The molecule has 0 radical (unpaired) electrons. The summed E-state index contributed by atoms with van der Waals surface area (Å²) < 4.78 is 0. The van der Waals surface area contributed by atoms with Crippen molar-refractivity contribution in [2.24, 2.45) is 0 Å². The molecule has 2 heteroatoms. The minimum absolute atomic E-state index is 0.502. The molecule has 0 saturated carbocycles. The molecule has 0 aliphatic heterocycles. The molecule has 1 aromatic rings. The molecule has 2 N–H and O–H groups in total. The fourth-order valence-electron chi connectivity index (χ4n) is 1.84. The van der Waals surface area contributed by atoms with Gasteiger partial charge < -0.3 is 10.6 Å². The first-order valence-corrected chi connectivity index (χ1v) is 6.67. The second-order valence-electron chi connectivity index (χ2n) is 4.97. The highest BCUT2D eigenvalue weighted by Gasteiger charge is 2.04. The van der Waals surface area contributed by atoms with Gasteiger partial charge in [-0.2, -0.15) is 0 Å². The van der Waals surface area contributed by atoms with Gasteiger partial charge in [0, 0.05) is 25.2 Å². The molecule has 0 spiro atoms. The number of aryl methyl sites for hydroxylation is 1. The highest BCUT2D eigenvalue weighted by atomic mass is 15.0. The van der Waals surface area contributed by atoms with E-state index in [1.54, 1.807) is 0 Å². The van der Waals surface area contributed by atoms with Crippen LogP contribution in [0.25, 0.3) is 0 Å². The standard InChI is InChI=1S/C15H26N2/c1-5-14-8-6-7-9-15(14)11-17-13(4)10-16-12(2)3/h6-9,12-13,16-17H,5,10-11H2,1-4H3. The van der Waals surface area contributed by atoms with Crippen LogP contribution in [0.15, 0.2) is 24.3 Å². The van der Waals surface area contributed by atoms with E-state index in [1.807, 2.05) is 0 Å². The molecule has 0 heterocycles. The van der Waals surface area contributed by atoms with Crippen LogP contribution in [0.2, 0.25) is 0 Å². The maximum Gasteiger partial charge on any atom is 0.0211 e. The molecule has 0 saturated heterocycles. The lowest BCUT2D eigenvalue weighted by atomic mass is 10.1. The first-order chi connectivity index (χ1) is 8.13. The Morgan fingerprint density at radius 2 is 1.65 bits per heavy atom. The van der Waals surface area contributed by atoms with Crippen LogP contribution in [0.5, 0.6) is 0 Å². The van der Waals surface area contributed by atoms with Gasteiger partial charge in [-0.05, 0) is 24.5 Å². The summed E-state index contributed by atoms with van der Waals surface area (Å²) in [5, 5.41) is 7.01. The van der Waals surface area contributed by atoms with Crippen LogP contribution in [-0.2, 0) is 13.0 Å². The number of benzene rings is 1. The lowest BCUT2D eigenvalue weighted by Gasteiger charge is -2.17. The molecule has 0 fully saturated rings. The predicted molar refractivity (Wildman–Crippen MR) is 75.3 cm³/mol. The second kappa shape index (κ2) is 7.46. The Hall–Kier alpha value is -0.860. The maximum atomic E-state index is 3.57. The van der Waals surface area contributed by atoms with Crippen molar-refractivity contribution in [2.45, 2.75) is 52.7 Å². The molecule has 17 heavy (non-hydrogen) atoms. The highest BCUT2D eigenvalue weighted by molar-refractivity contribution is 5.26. The summed E-state index contributed by atoms with van der Waals surface area (Å²) in [6.45, 7) is 10.8. The third-order valence-electron chi connectivity index (χ3n) is 2.97. The minimum Gasteiger partial charge on any atom is -0.313 e. The van der Waals surface area contributed by atoms with Gasteiger partial charge in [0.15, 0.2) is 0 Å². The SMILES string of the molecule is CCc1ccccc1CNC(C)CNC(C)C. The van der Waals surface area contributed by atoms with Crippen molar-refractivity contribution in [3.8, 4) is 0 Å². The van der Waals surface area contributed by atoms with Crippen molar-refractivity contribution < 1.29 is 0 Å². The zero-order valence-corrected chi connectivity index (χ0v) is 11.6. The zero-order chi connectivity index (χ0) is 12.7. The normalized spacial score (nSPS) is 13.0. The molecular formula is C15H26N2. The molecule has 0 aliphatic rings. The van der Waals surface area contributed by atoms with Gasteiger partial charge in [-0.1, -0.05) is 45.0 Å². The molecule has 0 aliphatic carbocycles. The Balaban J connectivity index is 2.39. The van der Waals surface area contributed by atoms with Gasteiger partial charge in [0.1, 0.15) is 0 Å². The average molecular weight is 234 g/mol. The summed E-state index contributed by atoms with van der Waals surface area (Å²) in [5.41, 5.74) is 2.87. The average Bonchev–Trinajstić information content (AvgIpc) is 2.34. The van der Waals surface area contributed by atoms with Crippen LogP contribution < -0.4 is 10.6 Å². The molecular weight excluding hydrogens is 208 g/mol. The quantitative estimate of drug-likeness (QED) is 0.758. The third kappa shape index (κ3) is 5.33. The fraction of sp³-hybridized carbons (Fsp3) is 0.600. The summed E-state index contributed by atoms with van der Waals surface area (Å²) in [4.78, 5) is 0. The van der Waals surface area contributed by atoms with Crippen molar-refractivity contribution in [1.29, 1.82) is 0 Å². The third-order valence-corrected chi connectivity index (χ3v) is 2.97. The summed E-state index contributed by atoms with van der Waals surface area (Å²) >= 11 is 0. The van der Waals surface area contributed by atoms with Gasteiger partial charge in [-0.3, -0.25) is 0 Å². The summed E-state index contributed by atoms with van der Waals surface area (Å²) in [7, 11) is 0. The van der Waals surface area contributed by atoms with Crippen molar-refractivity contribution in [3.05, 3.63) is 35.4 Å². The molecule has 1 atom stereocenters. The van der Waals surface area contributed by atoms with Gasteiger partial charge in [0.25, 0.3) is 0 Å². The monoisotopic (exact) mass is 234 g/mol. The van der Waals surface area contributed by atoms with Gasteiger partial charge in [0.05, 0.1) is 0 Å². The Morgan fingerprint density at radius 3 is 2.24 bits per heavy atom. The number of hydrogen-bond donors (Lipinski definition) is 2. The highest BCUT2D eigenvalue weighted by Crippen LogP contribution is 2.09. The van der Waals surface area contributed by atoms with Gasteiger partial charge in [0.2, 0.25) is 0 Å². The van der Waals surface area contributed by atoms with Gasteiger partial charge in [-0.15, -0.1) is 0 Å². The van der Waals surface area contributed by atoms with Crippen LogP contribution in [0.3, 0.4) is 0 Å². The van der Waals surface area contributed by atoms with Crippen LogP contribution in [0.1, 0.15) is 38.8 Å². The van der Waals surface area contributed by atoms with Crippen LogP contribution >= 0.6 is 0 Å². The summed E-state index contributed by atoms with van der Waals surface area (Å²) in [6, 6.07) is 9.73. The smallest absolute Gasteiger partial charge is 0.0211 e. The summed E-state index contributed by atoms with van der Waals surface area (Å²) in [5.74, 6) is 0. The van der Waals surface area contributed by atoms with E-state index in [0.717, 1.165) is 19.5 Å². The molecule has 0 bridgehead atoms. The first-order valence-electron chi connectivity index (χ1n) is 6.67. The van der Waals surface area contributed by atoms with Crippen molar-refractivity contribution >= 4 is 0 Å². The van der Waals surface area contributed by atoms with E-state index < -0.39 is 0 Å². The van der Waals surface area contributed by atoms with E-state index >= 15 is 0 Å². The molecule has 2 nitrogen and oxygen atoms in total. The Bertz CT molecular complexity index is 320. The largest absolute Gasteiger partial charge is 0.313 e. The van der Waals surface area contributed by atoms with Gasteiger partial charge >= 0.3 is 0 Å². The van der Waals surface area contributed by atoms with Crippen LogP contribution in [0.4, 0.5) is 0 Å². The molecule has 1 aromatic carbocycles. The van der Waals surface area contributed by atoms with E-state index in [-0.39, 0.29) is 0 Å². The predicted octanol–water partition coefficient (Wildman–Crippen LogP) is 2.73. The molecule has 96 valence electrons. The van der Waals surface area contributed by atoms with Crippen molar-refractivity contribution in [2.75, 3.05) is 6.54 Å². The Kier molecular flexibility index (Phi) is 6.23. The first kappa shape index (κ1) is 14.2. The molecule has 1 rings (SSSR count). The van der Waals surface area contributed by atoms with Gasteiger partial charge in [-0.25, -0.2) is 0 Å². The summed E-state index contributed by atoms with van der Waals surface area (Å²) in [6.07, 6.45) is 1.11. The number of hydrogen-bond acceptors (Lipinski definition) is 2. The van der Waals surface area contributed by atoms with E-state index in [9.17, 15) is 0 Å². The van der Waals surface area contributed by atoms with Crippen molar-refractivity contribution in [1.82, 2.24) is 10.6 Å². The van der Waals surface area contributed by atoms with E-state index in [2.05, 4.69) is 62.6 Å². The van der Waals surface area contributed by atoms with Crippen LogP contribution in [0, 0.1) is 0 Å². The van der Waals surface area contributed by atoms with E-state index in [1.165, 1.54) is 11.1 Å². The van der Waals surface area contributed by atoms with Crippen molar-refractivity contribution in [3.63, 3.8) is 0 Å². The second-order valence-corrected chi connectivity index (χ2v) is 4.97. The zero-order valence-electron chi connectivity index (χ0n) is 11.6. The maximum absolute atomic E-state index is 3.57. The fourth-order valence-corrected chi connectivity index (χ4v) is 1.84. The molecule has 0 amide bonds. The number of rotatable bonds is 7. The Morgan fingerprint density at radius 1 is 1.00 bits per heavy atom. The van der Waals surface area contributed by atoms with E-state index in [4.69, 9.17) is 0 Å². The molecule has 1 unspecified atom stereocenters. The van der Waals surface area contributed by atoms with Crippen LogP contribution in [-0.4, -0.2) is 18.6 Å². The lowest BCUT2D eigenvalue weighted by molar-refractivity contribution is 0.473. The molecule has 0 aromatic heterocycles. The number of nitrogens with one attached hydrogen (secondary N) is 2. The van der Waals surface area contributed by atoms with E-state index in [0.29, 0.717) is 12.1 Å².